The number of alkyl halides is 11. The van der Waals surface area contributed by atoms with Gasteiger partial charge < -0.3 is 9.84 Å². The number of carbonyl (C=O) groups excluding carboxylic acids is 1. The van der Waals surface area contributed by atoms with Crippen molar-refractivity contribution in [1.29, 1.82) is 0 Å². The van der Waals surface area contributed by atoms with Gasteiger partial charge in [-0.05, 0) is 0 Å². The Balaban J connectivity index is 5.61. The molecule has 0 aliphatic carbocycles. The highest BCUT2D eigenvalue weighted by Gasteiger charge is 2.89. The van der Waals surface area contributed by atoms with Crippen LogP contribution in [-0.2, 0) is 9.53 Å². The van der Waals surface area contributed by atoms with Crippen molar-refractivity contribution < 1.29 is 62.9 Å². The summed E-state index contributed by atoms with van der Waals surface area (Å²) < 4.78 is 145. The fourth-order valence-corrected chi connectivity index (χ4v) is 1.60. The van der Waals surface area contributed by atoms with Crippen molar-refractivity contribution in [1.82, 2.24) is 0 Å². The minimum absolute atomic E-state index is 0.490. The van der Waals surface area contributed by atoms with Gasteiger partial charge in [0.15, 0.2) is 0 Å². The fourth-order valence-electron chi connectivity index (χ4n) is 1.60. The standard InChI is InChI=1S/C13H11F11O3/c1-3-6(2)8(26)27-5-7(25)4-9(14,15)11(17,18)10(16,12(19,20)21)13(22,23)24/h3,7,25H,1-2,4-5H2. The van der Waals surface area contributed by atoms with E-state index in [1.54, 1.807) is 0 Å². The molecule has 14 heteroatoms. The lowest BCUT2D eigenvalue weighted by Gasteiger charge is -2.40. The SMILES string of the molecule is C=CC(=C)C(=O)OCC(O)CC(F)(F)C(F)(F)C(F)(C(F)(F)F)C(F)(F)F. The molecule has 1 N–H and O–H groups in total. The first-order valence-electron chi connectivity index (χ1n) is 6.50. The lowest BCUT2D eigenvalue weighted by atomic mass is 9.88. The second-order valence-corrected chi connectivity index (χ2v) is 5.12. The Morgan fingerprint density at radius 2 is 1.37 bits per heavy atom. The summed E-state index contributed by atoms with van der Waals surface area (Å²) in [5, 5.41) is 9.09. The molecule has 27 heavy (non-hydrogen) atoms. The molecule has 0 heterocycles. The summed E-state index contributed by atoms with van der Waals surface area (Å²) in [5.41, 5.74) is -8.10. The average molecular weight is 424 g/mol. The summed E-state index contributed by atoms with van der Waals surface area (Å²) in [4.78, 5) is 11.1. The molecule has 0 aromatic heterocycles. The van der Waals surface area contributed by atoms with Gasteiger partial charge in [-0.25, -0.2) is 9.18 Å². The van der Waals surface area contributed by atoms with E-state index >= 15 is 0 Å². The van der Waals surface area contributed by atoms with Gasteiger partial charge in [0.25, 0.3) is 0 Å². The molecule has 0 aliphatic heterocycles. The van der Waals surface area contributed by atoms with Crippen LogP contribution in [0.4, 0.5) is 48.3 Å². The van der Waals surface area contributed by atoms with Gasteiger partial charge in [-0.1, -0.05) is 19.2 Å². The Bertz CT molecular complexity index is 563. The molecule has 0 bridgehead atoms. The van der Waals surface area contributed by atoms with Gasteiger partial charge in [0, 0.05) is 6.42 Å². The Hall–Kier alpha value is -1.86. The first-order valence-corrected chi connectivity index (χ1v) is 6.50. The van der Waals surface area contributed by atoms with E-state index in [2.05, 4.69) is 17.9 Å². The molecule has 0 aromatic carbocycles. The van der Waals surface area contributed by atoms with Crippen molar-refractivity contribution >= 4 is 5.97 Å². The highest BCUT2D eigenvalue weighted by atomic mass is 19.4. The van der Waals surface area contributed by atoms with Crippen LogP contribution >= 0.6 is 0 Å². The molecular weight excluding hydrogens is 413 g/mol. The number of esters is 1. The van der Waals surface area contributed by atoms with E-state index in [4.69, 9.17) is 5.11 Å². The lowest BCUT2D eigenvalue weighted by Crippen LogP contribution is -2.70. The summed E-state index contributed by atoms with van der Waals surface area (Å²) in [6.45, 7) is 4.51. The first-order chi connectivity index (χ1) is 11.8. The molecule has 0 fully saturated rings. The second kappa shape index (κ2) is 7.64. The summed E-state index contributed by atoms with van der Waals surface area (Å²) in [6.07, 6.45) is -19.8. The zero-order chi connectivity index (χ0) is 22.1. The fraction of sp³-hybridized carbons (Fsp3) is 0.615. The zero-order valence-corrected chi connectivity index (χ0v) is 12.9. The van der Waals surface area contributed by atoms with Gasteiger partial charge in [-0.2, -0.15) is 43.9 Å². The van der Waals surface area contributed by atoms with Crippen molar-refractivity contribution in [2.24, 2.45) is 0 Å². The number of halogens is 11. The van der Waals surface area contributed by atoms with Crippen LogP contribution in [0, 0.1) is 0 Å². The van der Waals surface area contributed by atoms with Crippen LogP contribution in [0.5, 0.6) is 0 Å². The van der Waals surface area contributed by atoms with Crippen LogP contribution in [-0.4, -0.2) is 53.7 Å². The predicted octanol–water partition coefficient (Wildman–Crippen LogP) is 4.13. The summed E-state index contributed by atoms with van der Waals surface area (Å²) in [6, 6.07) is 0. The minimum Gasteiger partial charge on any atom is -0.459 e. The second-order valence-electron chi connectivity index (χ2n) is 5.12. The molecule has 0 saturated carbocycles. The third-order valence-electron chi connectivity index (χ3n) is 3.08. The van der Waals surface area contributed by atoms with Gasteiger partial charge in [-0.15, -0.1) is 0 Å². The highest BCUT2D eigenvalue weighted by molar-refractivity contribution is 5.90. The molecular formula is C13H11F11O3. The van der Waals surface area contributed by atoms with Gasteiger partial charge in [0.05, 0.1) is 11.7 Å². The van der Waals surface area contributed by atoms with Crippen LogP contribution in [0.3, 0.4) is 0 Å². The predicted molar refractivity (Wildman–Crippen MR) is 66.8 cm³/mol. The normalized spacial score (nSPS) is 15.3. The topological polar surface area (TPSA) is 46.5 Å². The Kier molecular flexibility index (Phi) is 7.11. The largest absolute Gasteiger partial charge is 0.459 e. The summed E-state index contributed by atoms with van der Waals surface area (Å²) in [7, 11) is 0. The van der Waals surface area contributed by atoms with Crippen LogP contribution < -0.4 is 0 Å². The number of aliphatic hydroxyl groups is 1. The number of rotatable bonds is 8. The van der Waals surface area contributed by atoms with Crippen molar-refractivity contribution in [2.45, 2.75) is 42.4 Å². The molecule has 0 amide bonds. The van der Waals surface area contributed by atoms with Crippen LogP contribution in [0.25, 0.3) is 0 Å². The van der Waals surface area contributed by atoms with Gasteiger partial charge in [0.1, 0.15) is 6.61 Å². The molecule has 3 nitrogen and oxygen atoms in total. The molecule has 0 aliphatic rings. The lowest BCUT2D eigenvalue weighted by molar-refractivity contribution is -0.428. The zero-order valence-electron chi connectivity index (χ0n) is 12.9. The number of carbonyl (C=O) groups is 1. The van der Waals surface area contributed by atoms with E-state index in [1.165, 1.54) is 0 Å². The molecule has 1 atom stereocenters. The van der Waals surface area contributed by atoms with E-state index in [1.807, 2.05) is 0 Å². The van der Waals surface area contributed by atoms with Crippen molar-refractivity contribution in [3.05, 3.63) is 24.8 Å². The number of hydrogen-bond donors (Lipinski definition) is 1. The molecule has 0 aromatic rings. The van der Waals surface area contributed by atoms with Gasteiger partial charge in [-0.3, -0.25) is 0 Å². The monoisotopic (exact) mass is 424 g/mol. The van der Waals surface area contributed by atoms with E-state index < -0.39 is 60.5 Å². The molecule has 158 valence electrons. The summed E-state index contributed by atoms with van der Waals surface area (Å²) >= 11 is 0. The van der Waals surface area contributed by atoms with Crippen LogP contribution in [0.15, 0.2) is 24.8 Å². The number of aliphatic hydroxyl groups excluding tert-OH is 1. The molecule has 0 spiro atoms. The van der Waals surface area contributed by atoms with Crippen molar-refractivity contribution in [3.8, 4) is 0 Å². The number of hydrogen-bond acceptors (Lipinski definition) is 3. The minimum atomic E-state index is -7.61. The maximum Gasteiger partial charge on any atom is 0.438 e. The van der Waals surface area contributed by atoms with E-state index in [0.29, 0.717) is 0 Å². The van der Waals surface area contributed by atoms with Crippen LogP contribution in [0.1, 0.15) is 6.42 Å². The van der Waals surface area contributed by atoms with Gasteiger partial charge in [0.2, 0.25) is 0 Å². The smallest absolute Gasteiger partial charge is 0.438 e. The van der Waals surface area contributed by atoms with E-state index in [0.717, 1.165) is 6.08 Å². The third-order valence-corrected chi connectivity index (χ3v) is 3.08. The van der Waals surface area contributed by atoms with Gasteiger partial charge >= 0.3 is 35.8 Å². The van der Waals surface area contributed by atoms with Crippen molar-refractivity contribution in [3.63, 3.8) is 0 Å². The maximum absolute atomic E-state index is 13.4. The maximum atomic E-state index is 13.4. The summed E-state index contributed by atoms with van der Waals surface area (Å²) in [5.74, 6) is -15.1. The molecule has 0 saturated heterocycles. The van der Waals surface area contributed by atoms with E-state index in [-0.39, 0.29) is 0 Å². The Morgan fingerprint density at radius 3 is 1.70 bits per heavy atom. The van der Waals surface area contributed by atoms with E-state index in [9.17, 15) is 53.1 Å². The number of ether oxygens (including phenoxy) is 1. The molecule has 1 unspecified atom stereocenters. The Labute approximate surface area is 144 Å². The molecule has 0 rings (SSSR count). The van der Waals surface area contributed by atoms with Crippen molar-refractivity contribution in [2.75, 3.05) is 6.61 Å². The average Bonchev–Trinajstić information content (AvgIpc) is 2.47. The third kappa shape index (κ3) is 4.71. The highest BCUT2D eigenvalue weighted by Crippen LogP contribution is 2.59. The van der Waals surface area contributed by atoms with Crippen LogP contribution in [0.2, 0.25) is 0 Å². The first kappa shape index (κ1) is 25.1. The molecule has 0 radical (unpaired) electrons. The quantitative estimate of drug-likeness (QED) is 0.276. The Morgan fingerprint density at radius 1 is 0.963 bits per heavy atom.